The van der Waals surface area contributed by atoms with Crippen LogP contribution < -0.4 is 4.74 Å². The van der Waals surface area contributed by atoms with Gasteiger partial charge in [-0.15, -0.1) is 11.3 Å². The van der Waals surface area contributed by atoms with Crippen LogP contribution in [-0.2, 0) is 0 Å². The van der Waals surface area contributed by atoms with Crippen LogP contribution >= 0.6 is 11.3 Å². The SMILES string of the molecule is Cc1nc(-c2ccc(OCC(C)C)c(C(=O)O)c2)sc1C=O. The van der Waals surface area contributed by atoms with Crippen molar-refractivity contribution in [1.82, 2.24) is 4.98 Å². The summed E-state index contributed by atoms with van der Waals surface area (Å²) in [5.41, 5.74) is 1.40. The predicted molar refractivity (Wildman–Crippen MR) is 85.0 cm³/mol. The Bertz CT molecular complexity index is 706. The van der Waals surface area contributed by atoms with Crippen molar-refractivity contribution in [3.63, 3.8) is 0 Å². The average Bonchev–Trinajstić information content (AvgIpc) is 2.85. The van der Waals surface area contributed by atoms with E-state index in [1.807, 2.05) is 13.8 Å². The van der Waals surface area contributed by atoms with E-state index in [0.717, 1.165) is 6.29 Å². The van der Waals surface area contributed by atoms with Gasteiger partial charge in [0.25, 0.3) is 0 Å². The Morgan fingerprint density at radius 1 is 1.45 bits per heavy atom. The smallest absolute Gasteiger partial charge is 0.339 e. The largest absolute Gasteiger partial charge is 0.492 e. The van der Waals surface area contributed by atoms with Gasteiger partial charge >= 0.3 is 5.97 Å². The average molecular weight is 319 g/mol. The van der Waals surface area contributed by atoms with E-state index < -0.39 is 5.97 Å². The van der Waals surface area contributed by atoms with Gasteiger partial charge < -0.3 is 9.84 Å². The molecule has 116 valence electrons. The molecule has 0 atom stereocenters. The number of carboxylic acid groups (broad SMARTS) is 1. The van der Waals surface area contributed by atoms with Crippen molar-refractivity contribution in [3.05, 3.63) is 34.3 Å². The standard InChI is InChI=1S/C16H17NO4S/c1-9(2)8-21-13-5-4-11(6-12(13)16(19)20)15-17-10(3)14(7-18)22-15/h4-7,9H,8H2,1-3H3,(H,19,20). The lowest BCUT2D eigenvalue weighted by atomic mass is 10.1. The molecule has 0 unspecified atom stereocenters. The number of aromatic nitrogens is 1. The second-order valence-corrected chi connectivity index (χ2v) is 6.34. The number of rotatable bonds is 6. The number of hydrogen-bond donors (Lipinski definition) is 1. The van der Waals surface area contributed by atoms with E-state index in [9.17, 15) is 14.7 Å². The number of carbonyl (C=O) groups excluding carboxylic acids is 1. The van der Waals surface area contributed by atoms with Gasteiger partial charge in [0, 0.05) is 5.56 Å². The molecule has 0 bridgehead atoms. The summed E-state index contributed by atoms with van der Waals surface area (Å²) in [7, 11) is 0. The molecule has 1 N–H and O–H groups in total. The van der Waals surface area contributed by atoms with E-state index in [4.69, 9.17) is 4.74 Å². The Morgan fingerprint density at radius 3 is 2.73 bits per heavy atom. The van der Waals surface area contributed by atoms with Gasteiger partial charge in [0.15, 0.2) is 6.29 Å². The van der Waals surface area contributed by atoms with E-state index in [1.165, 1.54) is 17.4 Å². The summed E-state index contributed by atoms with van der Waals surface area (Å²) < 4.78 is 5.55. The van der Waals surface area contributed by atoms with Crippen molar-refractivity contribution < 1.29 is 19.4 Å². The number of aromatic carboxylic acids is 1. The summed E-state index contributed by atoms with van der Waals surface area (Å²) >= 11 is 1.24. The van der Waals surface area contributed by atoms with Crippen molar-refractivity contribution >= 4 is 23.6 Å². The second kappa shape index (κ2) is 6.70. The number of ether oxygens (including phenoxy) is 1. The first-order valence-electron chi connectivity index (χ1n) is 6.85. The molecular weight excluding hydrogens is 302 g/mol. The number of aryl methyl sites for hydroxylation is 1. The monoisotopic (exact) mass is 319 g/mol. The van der Waals surface area contributed by atoms with Crippen LogP contribution in [0.1, 0.15) is 39.6 Å². The third-order valence-electron chi connectivity index (χ3n) is 2.97. The normalized spacial score (nSPS) is 10.7. The zero-order chi connectivity index (χ0) is 16.3. The minimum atomic E-state index is -1.05. The molecule has 5 nitrogen and oxygen atoms in total. The van der Waals surface area contributed by atoms with Gasteiger partial charge in [-0.2, -0.15) is 0 Å². The molecule has 0 radical (unpaired) electrons. The van der Waals surface area contributed by atoms with Crippen molar-refractivity contribution in [2.45, 2.75) is 20.8 Å². The topological polar surface area (TPSA) is 76.5 Å². The molecule has 0 aliphatic heterocycles. The second-order valence-electron chi connectivity index (χ2n) is 5.31. The van der Waals surface area contributed by atoms with Crippen LogP contribution in [0.5, 0.6) is 5.75 Å². The third-order valence-corrected chi connectivity index (χ3v) is 4.10. The highest BCUT2D eigenvalue weighted by molar-refractivity contribution is 7.16. The highest BCUT2D eigenvalue weighted by Gasteiger charge is 2.16. The number of aldehydes is 1. The lowest BCUT2D eigenvalue weighted by Crippen LogP contribution is -2.08. The molecular formula is C16H17NO4S. The third kappa shape index (κ3) is 3.51. The summed E-state index contributed by atoms with van der Waals surface area (Å²) in [5.74, 6) is -0.406. The van der Waals surface area contributed by atoms with Gasteiger partial charge in [-0.1, -0.05) is 13.8 Å². The summed E-state index contributed by atoms with van der Waals surface area (Å²) in [6, 6.07) is 4.93. The van der Waals surface area contributed by atoms with Crippen LogP contribution in [0.25, 0.3) is 10.6 Å². The van der Waals surface area contributed by atoms with Crippen LogP contribution in [0.15, 0.2) is 18.2 Å². The number of carbonyl (C=O) groups is 2. The van der Waals surface area contributed by atoms with E-state index in [0.29, 0.717) is 39.4 Å². The zero-order valence-corrected chi connectivity index (χ0v) is 13.4. The number of hydrogen-bond acceptors (Lipinski definition) is 5. The summed E-state index contributed by atoms with van der Waals surface area (Å²) in [5, 5.41) is 9.98. The minimum absolute atomic E-state index is 0.0960. The highest BCUT2D eigenvalue weighted by atomic mass is 32.1. The number of carboxylic acids is 1. The number of nitrogens with zero attached hydrogens (tertiary/aromatic N) is 1. The molecule has 2 aromatic rings. The lowest BCUT2D eigenvalue weighted by Gasteiger charge is -2.11. The van der Waals surface area contributed by atoms with Gasteiger partial charge in [-0.05, 0) is 31.0 Å². The van der Waals surface area contributed by atoms with Crippen LogP contribution in [-0.4, -0.2) is 29.0 Å². The van der Waals surface area contributed by atoms with Gasteiger partial charge in [0.1, 0.15) is 16.3 Å². The van der Waals surface area contributed by atoms with Crippen LogP contribution in [0.4, 0.5) is 0 Å². The summed E-state index contributed by atoms with van der Waals surface area (Å²) in [4.78, 5) is 27.2. The maximum absolute atomic E-state index is 11.4. The van der Waals surface area contributed by atoms with Crippen molar-refractivity contribution in [3.8, 4) is 16.3 Å². The maximum atomic E-state index is 11.4. The van der Waals surface area contributed by atoms with E-state index in [-0.39, 0.29) is 5.56 Å². The van der Waals surface area contributed by atoms with Gasteiger partial charge in [0.2, 0.25) is 0 Å². The Balaban J connectivity index is 2.39. The molecule has 6 heteroatoms. The molecule has 22 heavy (non-hydrogen) atoms. The number of thiazole rings is 1. The van der Waals surface area contributed by atoms with Gasteiger partial charge in [-0.3, -0.25) is 4.79 Å². The zero-order valence-electron chi connectivity index (χ0n) is 12.6. The first kappa shape index (κ1) is 16.2. The Morgan fingerprint density at radius 2 is 2.18 bits per heavy atom. The van der Waals surface area contributed by atoms with Crippen LogP contribution in [0.3, 0.4) is 0 Å². The quantitative estimate of drug-likeness (QED) is 0.822. The molecule has 0 spiro atoms. The fraction of sp³-hybridized carbons (Fsp3) is 0.312. The lowest BCUT2D eigenvalue weighted by molar-refractivity contribution is 0.0691. The highest BCUT2D eigenvalue weighted by Crippen LogP contribution is 2.31. The molecule has 0 fully saturated rings. The molecule has 1 heterocycles. The molecule has 0 aliphatic rings. The van der Waals surface area contributed by atoms with Crippen LogP contribution in [0.2, 0.25) is 0 Å². The molecule has 0 saturated carbocycles. The molecule has 1 aromatic carbocycles. The molecule has 2 rings (SSSR count). The van der Waals surface area contributed by atoms with E-state index >= 15 is 0 Å². The first-order chi connectivity index (χ1) is 10.4. The van der Waals surface area contributed by atoms with Crippen molar-refractivity contribution in [2.75, 3.05) is 6.61 Å². The fourth-order valence-corrected chi connectivity index (χ4v) is 2.73. The van der Waals surface area contributed by atoms with Crippen molar-refractivity contribution in [1.29, 1.82) is 0 Å². The molecule has 0 saturated heterocycles. The summed E-state index contributed by atoms with van der Waals surface area (Å²) in [6.45, 7) is 6.19. The van der Waals surface area contributed by atoms with E-state index in [2.05, 4.69) is 4.98 Å². The maximum Gasteiger partial charge on any atom is 0.339 e. The first-order valence-corrected chi connectivity index (χ1v) is 7.67. The minimum Gasteiger partial charge on any atom is -0.492 e. The van der Waals surface area contributed by atoms with Gasteiger partial charge in [0.05, 0.1) is 17.2 Å². The Kier molecular flexibility index (Phi) is 4.92. The predicted octanol–water partition coefficient (Wildman–Crippen LogP) is 3.66. The van der Waals surface area contributed by atoms with E-state index in [1.54, 1.807) is 19.1 Å². The summed E-state index contributed by atoms with van der Waals surface area (Å²) in [6.07, 6.45) is 0.759. The Labute approximate surface area is 132 Å². The molecule has 0 amide bonds. The van der Waals surface area contributed by atoms with Gasteiger partial charge in [-0.25, -0.2) is 9.78 Å². The fourth-order valence-electron chi connectivity index (χ4n) is 1.85. The Hall–Kier alpha value is -2.21. The van der Waals surface area contributed by atoms with Crippen molar-refractivity contribution in [2.24, 2.45) is 5.92 Å². The molecule has 1 aromatic heterocycles. The number of benzene rings is 1. The van der Waals surface area contributed by atoms with Crippen LogP contribution in [0, 0.1) is 12.8 Å². The molecule has 0 aliphatic carbocycles.